The second-order valence-corrected chi connectivity index (χ2v) is 14.6. The van der Waals surface area contributed by atoms with Crippen molar-refractivity contribution in [3.63, 3.8) is 0 Å². The van der Waals surface area contributed by atoms with Gasteiger partial charge in [-0.1, -0.05) is 39.8 Å². The molecule has 3 aromatic rings. The number of likely N-dealkylation sites (tertiary alicyclic amines) is 1. The Morgan fingerprint density at radius 1 is 1.15 bits per heavy atom. The number of aromatic nitrogens is 3. The fraction of sp³-hybridized carbons (Fsp3) is 0.519. The average Bonchev–Trinajstić information content (AvgIpc) is 3.35. The van der Waals surface area contributed by atoms with E-state index in [0.717, 1.165) is 29.7 Å². The molecule has 0 spiro atoms. The molecule has 1 aliphatic rings. The molecule has 4 rings (SSSR count). The molecule has 1 saturated heterocycles. The van der Waals surface area contributed by atoms with Crippen LogP contribution in [-0.4, -0.2) is 76.2 Å². The normalized spacial score (nSPS) is 16.3. The number of para-hydroxylation sites is 1. The van der Waals surface area contributed by atoms with Crippen LogP contribution in [0.5, 0.6) is 0 Å². The van der Waals surface area contributed by atoms with Gasteiger partial charge in [0.1, 0.15) is 17.0 Å². The smallest absolute Gasteiger partial charge is 0.245 e. The highest BCUT2D eigenvalue weighted by Gasteiger charge is 2.29. The van der Waals surface area contributed by atoms with Crippen molar-refractivity contribution in [3.05, 3.63) is 42.9 Å². The second kappa shape index (κ2) is 13.7. The van der Waals surface area contributed by atoms with Gasteiger partial charge in [-0.3, -0.25) is 8.77 Å². The third kappa shape index (κ3) is 7.39. The quantitative estimate of drug-likeness (QED) is 0.252. The number of hydrogen-bond acceptors (Lipinski definition) is 8. The molecule has 13 heteroatoms. The summed E-state index contributed by atoms with van der Waals surface area (Å²) in [5.74, 6) is 1.08. The topological polar surface area (TPSA) is 112 Å². The van der Waals surface area contributed by atoms with Crippen LogP contribution < -0.4 is 10.6 Å². The Morgan fingerprint density at radius 2 is 1.88 bits per heavy atom. The number of carbonyl (C=O) groups is 1. The summed E-state index contributed by atoms with van der Waals surface area (Å²) < 4.78 is 30.9. The zero-order valence-corrected chi connectivity index (χ0v) is 27.2. The number of sulfonamides is 1. The van der Waals surface area contributed by atoms with E-state index in [1.165, 1.54) is 0 Å². The Labute approximate surface area is 253 Å². The van der Waals surface area contributed by atoms with Crippen LogP contribution in [0.4, 0.5) is 11.5 Å². The number of carbonyl (C=O) groups excluding carboxylic acids is 1. The minimum atomic E-state index is -3.74. The first-order chi connectivity index (χ1) is 19.1. The number of hydrogen-bond donors (Lipinski definition) is 2. The van der Waals surface area contributed by atoms with Gasteiger partial charge in [0.05, 0.1) is 17.6 Å². The molecule has 218 valence electrons. The first-order valence-electron chi connectivity index (χ1n) is 13.6. The van der Waals surface area contributed by atoms with Gasteiger partial charge < -0.3 is 15.5 Å². The Hall–Kier alpha value is -2.10. The highest BCUT2D eigenvalue weighted by atomic mass is 127. The van der Waals surface area contributed by atoms with Crippen molar-refractivity contribution in [2.45, 2.75) is 51.5 Å². The zero-order valence-electron chi connectivity index (χ0n) is 23.4. The number of nitrogens with zero attached hydrogens (tertiary/aromatic N) is 5. The number of anilines is 2. The minimum Gasteiger partial charge on any atom is -0.375 e. The minimum absolute atomic E-state index is 0.0150. The molecule has 1 aromatic carbocycles. The molecule has 3 heterocycles. The number of piperidine rings is 1. The lowest BCUT2D eigenvalue weighted by Gasteiger charge is -2.33. The molecule has 1 aliphatic heterocycles. The third-order valence-corrected chi connectivity index (χ3v) is 10.3. The summed E-state index contributed by atoms with van der Waals surface area (Å²) in [5.41, 5.74) is 1.29. The van der Waals surface area contributed by atoms with Gasteiger partial charge in [0.25, 0.3) is 0 Å². The van der Waals surface area contributed by atoms with Gasteiger partial charge >= 0.3 is 0 Å². The number of fused-ring (bicyclic) bond motifs is 1. The lowest BCUT2D eigenvalue weighted by molar-refractivity contribution is -0.130. The fourth-order valence-corrected chi connectivity index (χ4v) is 8.17. The van der Waals surface area contributed by atoms with Crippen LogP contribution in [0.1, 0.15) is 40.5 Å². The van der Waals surface area contributed by atoms with E-state index in [4.69, 9.17) is 0 Å². The van der Waals surface area contributed by atoms with Crippen molar-refractivity contribution in [3.8, 4) is 0 Å². The van der Waals surface area contributed by atoms with Crippen LogP contribution >= 0.6 is 30.3 Å². The molecule has 40 heavy (non-hydrogen) atoms. The summed E-state index contributed by atoms with van der Waals surface area (Å²) in [7, 11) is -2.19. The van der Waals surface area contributed by atoms with E-state index in [0.29, 0.717) is 31.9 Å². The summed E-state index contributed by atoms with van der Waals surface area (Å²) in [4.78, 5) is 24.1. The average molecular weight is 700 g/mol. The van der Waals surface area contributed by atoms with Gasteiger partial charge in [0, 0.05) is 68.7 Å². The van der Waals surface area contributed by atoms with Gasteiger partial charge in [0.2, 0.25) is 15.9 Å². The number of amides is 1. The summed E-state index contributed by atoms with van der Waals surface area (Å²) >= 11 is 2.22. The molecule has 1 fully saturated rings. The summed E-state index contributed by atoms with van der Waals surface area (Å²) in [5, 5.41) is 7.59. The van der Waals surface area contributed by atoms with E-state index in [9.17, 15) is 13.2 Å². The van der Waals surface area contributed by atoms with Crippen LogP contribution in [-0.2, 0) is 14.8 Å². The number of nitrogens with one attached hydrogen (secondary N) is 2. The summed E-state index contributed by atoms with van der Waals surface area (Å²) in [6.07, 6.45) is 5.31. The predicted molar refractivity (Wildman–Crippen MR) is 171 cm³/mol. The van der Waals surface area contributed by atoms with Crippen molar-refractivity contribution in [2.24, 2.45) is 11.8 Å². The largest absolute Gasteiger partial charge is 0.375 e. The molecule has 0 radical (unpaired) electrons. The van der Waals surface area contributed by atoms with Gasteiger partial charge in [-0.25, -0.2) is 18.4 Å². The van der Waals surface area contributed by atoms with Crippen LogP contribution in [0.15, 0.2) is 47.8 Å². The van der Waals surface area contributed by atoms with E-state index < -0.39 is 10.0 Å². The van der Waals surface area contributed by atoms with Crippen molar-refractivity contribution in [2.75, 3.05) is 43.4 Å². The van der Waals surface area contributed by atoms with E-state index in [-0.39, 0.29) is 35.2 Å². The predicted octanol–water partition coefficient (Wildman–Crippen LogP) is 5.10. The lowest BCUT2D eigenvalue weighted by atomic mass is 10.1. The molecule has 2 aromatic heterocycles. The van der Waals surface area contributed by atoms with E-state index in [2.05, 4.69) is 41.8 Å². The highest BCUT2D eigenvalue weighted by Crippen LogP contribution is 2.28. The monoisotopic (exact) mass is 699 g/mol. The molecule has 1 amide bonds. The Kier molecular flexibility index (Phi) is 10.6. The van der Waals surface area contributed by atoms with Crippen molar-refractivity contribution in [1.82, 2.24) is 23.1 Å². The van der Waals surface area contributed by atoms with Crippen LogP contribution in [0.2, 0.25) is 0 Å². The SMILES string of the molecule is CC(C)CN(CC(C)C)S(=O)(=O)c1ccccc1NCC(=O)N1CCCC(Nc2ncnc3c2ccn3SI)C1. The van der Waals surface area contributed by atoms with Gasteiger partial charge in [-0.15, -0.1) is 0 Å². The molecular formula is C27H38IN7O3S2. The van der Waals surface area contributed by atoms with Gasteiger partial charge in [-0.2, -0.15) is 4.31 Å². The third-order valence-electron chi connectivity index (χ3n) is 6.71. The summed E-state index contributed by atoms with van der Waals surface area (Å²) in [6, 6.07) is 8.90. The molecule has 10 nitrogen and oxygen atoms in total. The second-order valence-electron chi connectivity index (χ2n) is 11.0. The molecule has 1 atom stereocenters. The molecule has 0 bridgehead atoms. The number of halogens is 1. The maximum absolute atomic E-state index is 13.7. The van der Waals surface area contributed by atoms with Crippen molar-refractivity contribution in [1.29, 1.82) is 0 Å². The number of rotatable bonds is 12. The first kappa shape index (κ1) is 30.8. The first-order valence-corrected chi connectivity index (χ1v) is 18.3. The number of benzene rings is 1. The highest BCUT2D eigenvalue weighted by molar-refractivity contribution is 14.2. The molecule has 0 aliphatic carbocycles. The van der Waals surface area contributed by atoms with Crippen LogP contribution in [0.25, 0.3) is 11.0 Å². The zero-order chi connectivity index (χ0) is 28.9. The maximum Gasteiger partial charge on any atom is 0.245 e. The molecule has 0 saturated carbocycles. The molecule has 2 N–H and O–H groups in total. The molecular weight excluding hydrogens is 661 g/mol. The Morgan fingerprint density at radius 3 is 2.58 bits per heavy atom. The van der Waals surface area contributed by atoms with Crippen molar-refractivity contribution >= 4 is 68.8 Å². The fourth-order valence-electron chi connectivity index (χ4n) is 4.96. The molecule has 1 unspecified atom stereocenters. The van der Waals surface area contributed by atoms with Crippen LogP contribution in [0.3, 0.4) is 0 Å². The van der Waals surface area contributed by atoms with Gasteiger partial charge in [0.15, 0.2) is 5.65 Å². The lowest BCUT2D eigenvalue weighted by Crippen LogP contribution is -2.47. The van der Waals surface area contributed by atoms with E-state index >= 15 is 0 Å². The van der Waals surface area contributed by atoms with Crippen LogP contribution in [0, 0.1) is 11.8 Å². The van der Waals surface area contributed by atoms with Gasteiger partial charge in [-0.05, 0) is 42.9 Å². The van der Waals surface area contributed by atoms with E-state index in [1.54, 1.807) is 44.0 Å². The Balaban J connectivity index is 1.43. The van der Waals surface area contributed by atoms with E-state index in [1.807, 2.05) is 48.8 Å². The standard InChI is InChI=1S/C27H38IN7O3S2/c1-19(2)15-34(16-20(3)4)40(37,38)24-10-6-5-9-23(24)29-14-25(36)33-12-7-8-21(17-33)32-26-22-11-13-35(39-28)27(22)31-18-30-26/h5-6,9-11,13,18-21,29H,7-8,12,14-17H2,1-4H3,(H,30,31,32). The Bertz CT molecular complexity index is 1400. The summed E-state index contributed by atoms with van der Waals surface area (Å²) in [6.45, 7) is 10.2. The van der Waals surface area contributed by atoms with Crippen molar-refractivity contribution < 1.29 is 13.2 Å². The maximum atomic E-state index is 13.7.